The van der Waals surface area contributed by atoms with Crippen LogP contribution in [0.4, 0.5) is 4.79 Å². The van der Waals surface area contributed by atoms with Crippen molar-refractivity contribution in [2.75, 3.05) is 13.1 Å². The Morgan fingerprint density at radius 1 is 1.39 bits per heavy atom. The van der Waals surface area contributed by atoms with Crippen molar-refractivity contribution in [1.29, 1.82) is 0 Å². The Kier molecular flexibility index (Phi) is 4.24. The third-order valence-corrected chi connectivity index (χ3v) is 3.58. The summed E-state index contributed by atoms with van der Waals surface area (Å²) in [5.74, 6) is 0.622. The van der Waals surface area contributed by atoms with Crippen molar-refractivity contribution in [3.63, 3.8) is 0 Å². The third-order valence-electron chi connectivity index (χ3n) is 3.58. The number of rotatable bonds is 2. The van der Waals surface area contributed by atoms with Crippen LogP contribution in [0.3, 0.4) is 0 Å². The summed E-state index contributed by atoms with van der Waals surface area (Å²) in [7, 11) is 0. The molecular formula is C15H22N2O. The molecule has 0 aromatic heterocycles. The quantitative estimate of drug-likeness (QED) is 0.854. The summed E-state index contributed by atoms with van der Waals surface area (Å²) >= 11 is 0. The summed E-state index contributed by atoms with van der Waals surface area (Å²) in [6.07, 6.45) is 2.35. The number of nitrogens with one attached hydrogen (secondary N) is 1. The molecule has 98 valence electrons. The van der Waals surface area contributed by atoms with E-state index >= 15 is 0 Å². The van der Waals surface area contributed by atoms with Crippen LogP contribution in [0.15, 0.2) is 30.3 Å². The molecule has 1 aromatic carbocycles. The van der Waals surface area contributed by atoms with Crippen LogP contribution in [-0.2, 0) is 0 Å². The van der Waals surface area contributed by atoms with Gasteiger partial charge in [-0.2, -0.15) is 0 Å². The summed E-state index contributed by atoms with van der Waals surface area (Å²) < 4.78 is 0. The van der Waals surface area contributed by atoms with E-state index in [4.69, 9.17) is 0 Å². The summed E-state index contributed by atoms with van der Waals surface area (Å²) in [5, 5.41) is 3.07. The molecule has 1 aromatic rings. The lowest BCUT2D eigenvalue weighted by Crippen LogP contribution is -2.45. The van der Waals surface area contributed by atoms with Gasteiger partial charge in [-0.3, -0.25) is 0 Å². The summed E-state index contributed by atoms with van der Waals surface area (Å²) in [5.41, 5.74) is 1.15. The number of likely N-dealkylation sites (tertiary alicyclic amines) is 1. The molecule has 1 fully saturated rings. The summed E-state index contributed by atoms with van der Waals surface area (Å²) in [6, 6.07) is 10.2. The fourth-order valence-electron chi connectivity index (χ4n) is 2.48. The van der Waals surface area contributed by atoms with E-state index in [9.17, 15) is 4.79 Å². The Morgan fingerprint density at radius 2 is 2.11 bits per heavy atom. The first-order valence-electron chi connectivity index (χ1n) is 6.77. The molecule has 2 atom stereocenters. The summed E-state index contributed by atoms with van der Waals surface area (Å²) in [6.45, 7) is 6.01. The fraction of sp³-hybridized carbons (Fsp3) is 0.533. The molecule has 18 heavy (non-hydrogen) atoms. The minimum absolute atomic E-state index is 0.0657. The van der Waals surface area contributed by atoms with E-state index in [2.05, 4.69) is 12.2 Å². The van der Waals surface area contributed by atoms with Crippen molar-refractivity contribution in [1.82, 2.24) is 10.2 Å². The zero-order valence-corrected chi connectivity index (χ0v) is 11.2. The van der Waals surface area contributed by atoms with Gasteiger partial charge in [-0.15, -0.1) is 0 Å². The van der Waals surface area contributed by atoms with Gasteiger partial charge in [-0.05, 0) is 31.2 Å². The number of hydrogen-bond donors (Lipinski definition) is 1. The SMILES string of the molecule is CC1CCCN(C(=O)N[C@@H](C)c2ccccc2)C1. The Balaban J connectivity index is 1.91. The molecule has 2 rings (SSSR count). The van der Waals surface area contributed by atoms with Gasteiger partial charge in [0.05, 0.1) is 6.04 Å². The third kappa shape index (κ3) is 3.25. The second-order valence-corrected chi connectivity index (χ2v) is 5.28. The molecule has 0 radical (unpaired) electrons. The first-order valence-corrected chi connectivity index (χ1v) is 6.77. The van der Waals surface area contributed by atoms with Gasteiger partial charge in [0, 0.05) is 13.1 Å². The molecule has 2 amide bonds. The van der Waals surface area contributed by atoms with E-state index in [1.165, 1.54) is 6.42 Å². The maximum atomic E-state index is 12.1. The number of piperidine rings is 1. The van der Waals surface area contributed by atoms with E-state index in [0.717, 1.165) is 25.1 Å². The molecule has 0 spiro atoms. The molecule has 1 aliphatic heterocycles. The molecular weight excluding hydrogens is 224 g/mol. The predicted molar refractivity (Wildman–Crippen MR) is 73.4 cm³/mol. The normalized spacial score (nSPS) is 21.4. The van der Waals surface area contributed by atoms with Gasteiger partial charge in [0.1, 0.15) is 0 Å². The van der Waals surface area contributed by atoms with Crippen LogP contribution in [0.2, 0.25) is 0 Å². The highest BCUT2D eigenvalue weighted by Crippen LogP contribution is 2.17. The average Bonchev–Trinajstić information content (AvgIpc) is 2.39. The van der Waals surface area contributed by atoms with Gasteiger partial charge in [0.25, 0.3) is 0 Å². The molecule has 3 nitrogen and oxygen atoms in total. The van der Waals surface area contributed by atoms with Crippen molar-refractivity contribution in [2.45, 2.75) is 32.7 Å². The van der Waals surface area contributed by atoms with Crippen LogP contribution in [0.1, 0.15) is 38.3 Å². The lowest BCUT2D eigenvalue weighted by Gasteiger charge is -2.32. The number of benzene rings is 1. The second-order valence-electron chi connectivity index (χ2n) is 5.28. The Morgan fingerprint density at radius 3 is 2.78 bits per heavy atom. The lowest BCUT2D eigenvalue weighted by atomic mass is 10.0. The number of carbonyl (C=O) groups is 1. The molecule has 1 saturated heterocycles. The Bertz CT molecular complexity index is 391. The molecule has 1 unspecified atom stereocenters. The number of urea groups is 1. The maximum Gasteiger partial charge on any atom is 0.317 e. The van der Waals surface area contributed by atoms with Crippen LogP contribution in [0, 0.1) is 5.92 Å². The number of amides is 2. The van der Waals surface area contributed by atoms with Gasteiger partial charge >= 0.3 is 6.03 Å². The lowest BCUT2D eigenvalue weighted by molar-refractivity contribution is 0.167. The van der Waals surface area contributed by atoms with Crippen LogP contribution < -0.4 is 5.32 Å². The average molecular weight is 246 g/mol. The Labute approximate surface area is 109 Å². The largest absolute Gasteiger partial charge is 0.331 e. The van der Waals surface area contributed by atoms with Crippen molar-refractivity contribution < 1.29 is 4.79 Å². The first-order chi connectivity index (χ1) is 8.66. The van der Waals surface area contributed by atoms with Crippen molar-refractivity contribution >= 4 is 6.03 Å². The minimum Gasteiger partial charge on any atom is -0.331 e. The van der Waals surface area contributed by atoms with Crippen LogP contribution >= 0.6 is 0 Å². The Hall–Kier alpha value is -1.51. The molecule has 0 bridgehead atoms. The fourth-order valence-corrected chi connectivity index (χ4v) is 2.48. The summed E-state index contributed by atoms with van der Waals surface area (Å²) in [4.78, 5) is 14.1. The van der Waals surface area contributed by atoms with E-state index < -0.39 is 0 Å². The molecule has 1 aliphatic rings. The highest BCUT2D eigenvalue weighted by Gasteiger charge is 2.21. The number of nitrogens with zero attached hydrogens (tertiary/aromatic N) is 1. The molecule has 0 saturated carbocycles. The van der Waals surface area contributed by atoms with Gasteiger partial charge in [-0.25, -0.2) is 4.79 Å². The smallest absolute Gasteiger partial charge is 0.317 e. The number of carbonyl (C=O) groups excluding carboxylic acids is 1. The minimum atomic E-state index is 0.0657. The zero-order valence-electron chi connectivity index (χ0n) is 11.2. The van der Waals surface area contributed by atoms with E-state index in [1.54, 1.807) is 0 Å². The standard InChI is InChI=1S/C15H22N2O/c1-12-7-6-10-17(11-12)15(18)16-13(2)14-8-4-3-5-9-14/h3-5,8-9,12-13H,6-7,10-11H2,1-2H3,(H,16,18)/t12?,13-/m0/s1. The topological polar surface area (TPSA) is 32.3 Å². The van der Waals surface area contributed by atoms with Gasteiger partial charge < -0.3 is 10.2 Å². The van der Waals surface area contributed by atoms with E-state index in [1.807, 2.05) is 42.2 Å². The van der Waals surface area contributed by atoms with Crippen molar-refractivity contribution in [3.05, 3.63) is 35.9 Å². The molecule has 1 N–H and O–H groups in total. The van der Waals surface area contributed by atoms with Crippen LogP contribution in [-0.4, -0.2) is 24.0 Å². The maximum absolute atomic E-state index is 12.1. The zero-order chi connectivity index (χ0) is 13.0. The highest BCUT2D eigenvalue weighted by atomic mass is 16.2. The van der Waals surface area contributed by atoms with Crippen LogP contribution in [0.5, 0.6) is 0 Å². The molecule has 3 heteroatoms. The molecule has 0 aliphatic carbocycles. The van der Waals surface area contributed by atoms with Gasteiger partial charge in [0.15, 0.2) is 0 Å². The van der Waals surface area contributed by atoms with Crippen molar-refractivity contribution in [3.8, 4) is 0 Å². The molecule has 1 heterocycles. The number of hydrogen-bond acceptors (Lipinski definition) is 1. The van der Waals surface area contributed by atoms with Gasteiger partial charge in [-0.1, -0.05) is 37.3 Å². The van der Waals surface area contributed by atoms with Gasteiger partial charge in [0.2, 0.25) is 0 Å². The van der Waals surface area contributed by atoms with Crippen molar-refractivity contribution in [2.24, 2.45) is 5.92 Å². The highest BCUT2D eigenvalue weighted by molar-refractivity contribution is 5.74. The predicted octanol–water partition coefficient (Wildman–Crippen LogP) is 3.19. The first kappa shape index (κ1) is 12.9. The monoisotopic (exact) mass is 246 g/mol. The second kappa shape index (κ2) is 5.89. The van der Waals surface area contributed by atoms with E-state index in [-0.39, 0.29) is 12.1 Å². The van der Waals surface area contributed by atoms with Crippen LogP contribution in [0.25, 0.3) is 0 Å². The van der Waals surface area contributed by atoms with E-state index in [0.29, 0.717) is 5.92 Å².